The maximum Gasteiger partial charge on any atom is 0.134 e. The molecule has 0 fully saturated rings. The first-order valence-corrected chi connectivity index (χ1v) is 11.7. The minimum absolute atomic E-state index is 0.597. The lowest BCUT2D eigenvalue weighted by atomic mass is 10.2. The topological polar surface area (TPSA) is 153 Å². The fourth-order valence-electron chi connectivity index (χ4n) is 2.90. The number of hydrogen-bond donors (Lipinski definition) is 3. The van der Waals surface area contributed by atoms with Gasteiger partial charge in [-0.25, -0.2) is 0 Å². The lowest BCUT2D eigenvalue weighted by Crippen LogP contribution is -1.93. The van der Waals surface area contributed by atoms with Gasteiger partial charge in [-0.2, -0.15) is 0 Å². The molecule has 6 aromatic rings. The molecule has 12 nitrogen and oxygen atoms in total. The van der Waals surface area contributed by atoms with E-state index in [1.54, 1.807) is 24.3 Å². The Kier molecular flexibility index (Phi) is 6.95. The third-order valence-electron chi connectivity index (χ3n) is 4.51. The monoisotopic (exact) mass is 653 g/mol. The van der Waals surface area contributed by atoms with Gasteiger partial charge >= 0.3 is 0 Å². The predicted octanol–water partition coefficient (Wildman–Crippen LogP) is 4.60. The van der Waals surface area contributed by atoms with Crippen LogP contribution < -0.4 is 0 Å². The Morgan fingerprint density at radius 2 is 1.26 bits per heavy atom. The largest absolute Gasteiger partial charge is 0.410 e. The van der Waals surface area contributed by atoms with Gasteiger partial charge in [-0.3, -0.25) is 0 Å². The summed E-state index contributed by atoms with van der Waals surface area (Å²) in [4.78, 5) is 2.29. The summed E-state index contributed by atoms with van der Waals surface area (Å²) in [5.41, 5.74) is 4.81. The van der Waals surface area contributed by atoms with Gasteiger partial charge in [0.2, 0.25) is 0 Å². The van der Waals surface area contributed by atoms with Gasteiger partial charge in [0.1, 0.15) is 33.1 Å². The number of halogens is 3. The highest BCUT2D eigenvalue weighted by atomic mass is 79.9. The molecule has 3 aromatic heterocycles. The van der Waals surface area contributed by atoms with Crippen molar-refractivity contribution in [3.8, 4) is 0 Å². The van der Waals surface area contributed by atoms with Crippen LogP contribution >= 0.6 is 47.8 Å². The molecule has 0 bridgehead atoms. The van der Waals surface area contributed by atoms with E-state index < -0.39 is 0 Å². The maximum absolute atomic E-state index is 9.24. The van der Waals surface area contributed by atoms with Crippen LogP contribution in [0.15, 0.2) is 61.9 Å². The summed E-state index contributed by atoms with van der Waals surface area (Å²) in [6.45, 7) is 1.89. The summed E-state index contributed by atoms with van der Waals surface area (Å²) in [6.07, 6.45) is 0. The lowest BCUT2D eigenvalue weighted by Gasteiger charge is -1.96. The van der Waals surface area contributed by atoms with Crippen molar-refractivity contribution in [1.82, 2.24) is 45.5 Å². The summed E-state index contributed by atoms with van der Waals surface area (Å²) >= 11 is 9.87. The zero-order valence-corrected chi connectivity index (χ0v) is 21.9. The SMILES string of the molecule is Cc1ccc(Br)c2nnn(O)c12.On1nnc2cc(Br)ccc21.On1nnc2ccc(Br)cc21. The van der Waals surface area contributed by atoms with E-state index in [2.05, 4.69) is 78.7 Å². The molecule has 174 valence electrons. The summed E-state index contributed by atoms with van der Waals surface area (Å²) in [6, 6.07) is 14.5. The Hall–Kier alpha value is -3.30. The van der Waals surface area contributed by atoms with Crippen LogP contribution in [-0.2, 0) is 0 Å². The van der Waals surface area contributed by atoms with E-state index in [4.69, 9.17) is 10.4 Å². The molecule has 6 rings (SSSR count). The molecule has 0 aliphatic heterocycles. The van der Waals surface area contributed by atoms with Crippen molar-refractivity contribution >= 4 is 80.9 Å². The molecule has 3 heterocycles. The Balaban J connectivity index is 0.000000121. The quantitative estimate of drug-likeness (QED) is 0.199. The zero-order valence-electron chi connectivity index (χ0n) is 17.1. The third-order valence-corrected chi connectivity index (χ3v) is 6.14. The normalized spacial score (nSPS) is 10.7. The minimum atomic E-state index is 0.597. The smallest absolute Gasteiger partial charge is 0.134 e. The average molecular weight is 656 g/mol. The highest BCUT2D eigenvalue weighted by Gasteiger charge is 2.08. The highest BCUT2D eigenvalue weighted by Crippen LogP contribution is 2.23. The number of nitrogens with zero attached hydrogens (tertiary/aromatic N) is 9. The molecule has 0 aliphatic rings. The Morgan fingerprint density at radius 3 is 2.00 bits per heavy atom. The fourth-order valence-corrected chi connectivity index (χ4v) is 4.00. The van der Waals surface area contributed by atoms with Gasteiger partial charge in [0.25, 0.3) is 0 Å². The van der Waals surface area contributed by atoms with Crippen molar-refractivity contribution in [2.24, 2.45) is 0 Å². The summed E-state index contributed by atoms with van der Waals surface area (Å²) in [7, 11) is 0. The second-order valence-electron chi connectivity index (χ2n) is 6.76. The summed E-state index contributed by atoms with van der Waals surface area (Å²) in [5, 5.41) is 48.9. The molecule has 0 aliphatic carbocycles. The third kappa shape index (κ3) is 4.95. The van der Waals surface area contributed by atoms with Crippen molar-refractivity contribution < 1.29 is 15.6 Å². The highest BCUT2D eigenvalue weighted by molar-refractivity contribution is 9.11. The van der Waals surface area contributed by atoms with E-state index in [1.165, 1.54) is 0 Å². The van der Waals surface area contributed by atoms with E-state index in [0.717, 1.165) is 33.5 Å². The second kappa shape index (κ2) is 9.90. The molecule has 34 heavy (non-hydrogen) atoms. The molecule has 15 heteroatoms. The fraction of sp³-hybridized carbons (Fsp3) is 0.0526. The zero-order chi connectivity index (χ0) is 24.4. The Morgan fingerprint density at radius 1 is 0.647 bits per heavy atom. The van der Waals surface area contributed by atoms with E-state index in [0.29, 0.717) is 33.1 Å². The number of hydrogen-bond acceptors (Lipinski definition) is 9. The number of rotatable bonds is 0. The van der Waals surface area contributed by atoms with Gasteiger partial charge in [0, 0.05) is 13.4 Å². The van der Waals surface area contributed by atoms with Crippen LogP contribution in [0.1, 0.15) is 5.56 Å². The van der Waals surface area contributed by atoms with Crippen LogP contribution in [0.5, 0.6) is 0 Å². The van der Waals surface area contributed by atoms with Crippen molar-refractivity contribution in [2.45, 2.75) is 6.92 Å². The first-order valence-electron chi connectivity index (χ1n) is 9.35. The van der Waals surface area contributed by atoms with E-state index in [1.807, 2.05) is 31.2 Å². The summed E-state index contributed by atoms with van der Waals surface area (Å²) in [5.74, 6) is 0. The Bertz CT molecular complexity index is 1610. The van der Waals surface area contributed by atoms with Crippen LogP contribution in [0.4, 0.5) is 0 Å². The second-order valence-corrected chi connectivity index (χ2v) is 9.45. The minimum Gasteiger partial charge on any atom is -0.410 e. The van der Waals surface area contributed by atoms with Crippen LogP contribution in [0.25, 0.3) is 33.1 Å². The number of aryl methyl sites for hydroxylation is 1. The van der Waals surface area contributed by atoms with E-state index in [9.17, 15) is 5.21 Å². The van der Waals surface area contributed by atoms with Crippen LogP contribution in [0, 0.1) is 6.92 Å². The molecule has 0 saturated carbocycles. The predicted molar refractivity (Wildman–Crippen MR) is 132 cm³/mol. The number of aromatic nitrogens is 9. The molecule has 0 unspecified atom stereocenters. The molecule has 0 radical (unpaired) electrons. The number of benzene rings is 3. The summed E-state index contributed by atoms with van der Waals surface area (Å²) < 4.78 is 2.65. The molecule has 0 spiro atoms. The van der Waals surface area contributed by atoms with Crippen LogP contribution in [0.3, 0.4) is 0 Å². The lowest BCUT2D eigenvalue weighted by molar-refractivity contribution is 0.154. The van der Waals surface area contributed by atoms with E-state index >= 15 is 0 Å². The average Bonchev–Trinajstić information content (AvgIpc) is 3.50. The first kappa shape index (κ1) is 23.8. The molecule has 3 aromatic carbocycles. The molecule has 0 atom stereocenters. The van der Waals surface area contributed by atoms with Crippen LogP contribution in [0.2, 0.25) is 0 Å². The molecule has 0 amide bonds. The molecule has 0 saturated heterocycles. The van der Waals surface area contributed by atoms with Crippen molar-refractivity contribution in [2.75, 3.05) is 0 Å². The molecular formula is C19H14Br3N9O3. The van der Waals surface area contributed by atoms with Crippen molar-refractivity contribution in [3.63, 3.8) is 0 Å². The van der Waals surface area contributed by atoms with Gasteiger partial charge in [-0.15, -0.1) is 15.3 Å². The van der Waals surface area contributed by atoms with Gasteiger partial charge in [-0.05, 0) is 86.5 Å². The number of fused-ring (bicyclic) bond motifs is 3. The van der Waals surface area contributed by atoms with Gasteiger partial charge in [-0.1, -0.05) is 52.5 Å². The molecule has 3 N–H and O–H groups in total. The van der Waals surface area contributed by atoms with Gasteiger partial charge < -0.3 is 15.6 Å². The van der Waals surface area contributed by atoms with Gasteiger partial charge in [0.05, 0.1) is 0 Å². The van der Waals surface area contributed by atoms with E-state index in [-0.39, 0.29) is 0 Å². The van der Waals surface area contributed by atoms with Crippen molar-refractivity contribution in [1.29, 1.82) is 0 Å². The van der Waals surface area contributed by atoms with Gasteiger partial charge in [0.15, 0.2) is 0 Å². The standard InChI is InChI=1S/C7H6BrN3O.2C6H4BrN3O/c1-4-2-3-5(8)6-7(4)11(12)10-9-6;7-4-1-2-6-5(3-4)8-9-10(6)11;7-4-1-2-5-6(3-4)10(11)9-8-5/h2-3,12H,1H3;2*1-3,11H. The van der Waals surface area contributed by atoms with Crippen LogP contribution in [-0.4, -0.2) is 61.1 Å². The Labute approximate surface area is 215 Å². The molecular weight excluding hydrogens is 642 g/mol. The van der Waals surface area contributed by atoms with Crippen molar-refractivity contribution in [3.05, 3.63) is 67.5 Å². The maximum atomic E-state index is 9.24. The first-order chi connectivity index (χ1) is 16.2.